The van der Waals surface area contributed by atoms with Crippen LogP contribution in [0.15, 0.2) is 23.0 Å². The SMILES string of the molecule is CCCCCCN(CCC(=O)NCCCC)C(=O)c1ccoc1. The van der Waals surface area contributed by atoms with Crippen molar-refractivity contribution in [3.63, 3.8) is 0 Å². The summed E-state index contributed by atoms with van der Waals surface area (Å²) in [5.41, 5.74) is 0.548. The second-order valence-electron chi connectivity index (χ2n) is 5.82. The molecule has 23 heavy (non-hydrogen) atoms. The number of carbonyl (C=O) groups excluding carboxylic acids is 2. The molecule has 0 bridgehead atoms. The molecule has 0 unspecified atom stereocenters. The molecule has 0 aromatic carbocycles. The van der Waals surface area contributed by atoms with Crippen molar-refractivity contribution in [3.05, 3.63) is 24.2 Å². The van der Waals surface area contributed by atoms with Crippen molar-refractivity contribution in [1.82, 2.24) is 10.2 Å². The van der Waals surface area contributed by atoms with Gasteiger partial charge in [-0.15, -0.1) is 0 Å². The summed E-state index contributed by atoms with van der Waals surface area (Å²) in [7, 11) is 0. The Labute approximate surface area is 139 Å². The lowest BCUT2D eigenvalue weighted by Crippen LogP contribution is -2.36. The van der Waals surface area contributed by atoms with Gasteiger partial charge in [-0.2, -0.15) is 0 Å². The first kappa shape index (κ1) is 19.3. The van der Waals surface area contributed by atoms with Crippen LogP contribution in [0.3, 0.4) is 0 Å². The number of hydrogen-bond acceptors (Lipinski definition) is 3. The molecule has 1 aromatic rings. The van der Waals surface area contributed by atoms with Crippen LogP contribution < -0.4 is 5.32 Å². The van der Waals surface area contributed by atoms with Crippen LogP contribution in [-0.2, 0) is 4.79 Å². The molecular formula is C18H30N2O3. The van der Waals surface area contributed by atoms with Crippen LogP contribution in [0.4, 0.5) is 0 Å². The molecule has 0 saturated heterocycles. The van der Waals surface area contributed by atoms with E-state index in [-0.39, 0.29) is 11.8 Å². The van der Waals surface area contributed by atoms with Crippen LogP contribution in [0, 0.1) is 0 Å². The highest BCUT2D eigenvalue weighted by Crippen LogP contribution is 2.09. The van der Waals surface area contributed by atoms with Gasteiger partial charge in [0.2, 0.25) is 5.91 Å². The van der Waals surface area contributed by atoms with E-state index in [0.717, 1.165) is 32.1 Å². The summed E-state index contributed by atoms with van der Waals surface area (Å²) in [6.07, 6.45) is 9.76. The quantitative estimate of drug-likeness (QED) is 0.598. The maximum Gasteiger partial charge on any atom is 0.257 e. The Morgan fingerprint density at radius 1 is 1.09 bits per heavy atom. The Morgan fingerprint density at radius 2 is 1.87 bits per heavy atom. The lowest BCUT2D eigenvalue weighted by Gasteiger charge is -2.22. The van der Waals surface area contributed by atoms with Gasteiger partial charge < -0.3 is 14.6 Å². The summed E-state index contributed by atoms with van der Waals surface area (Å²) in [5, 5.41) is 2.89. The van der Waals surface area contributed by atoms with Crippen molar-refractivity contribution in [1.29, 1.82) is 0 Å². The summed E-state index contributed by atoms with van der Waals surface area (Å²) >= 11 is 0. The Hall–Kier alpha value is -1.78. The third-order valence-corrected chi connectivity index (χ3v) is 3.80. The monoisotopic (exact) mass is 322 g/mol. The molecule has 0 aliphatic heterocycles. The molecule has 0 radical (unpaired) electrons. The molecular weight excluding hydrogens is 292 g/mol. The van der Waals surface area contributed by atoms with E-state index in [4.69, 9.17) is 4.42 Å². The molecule has 5 nitrogen and oxygen atoms in total. The second kappa shape index (κ2) is 11.7. The van der Waals surface area contributed by atoms with Crippen molar-refractivity contribution in [3.8, 4) is 0 Å². The van der Waals surface area contributed by atoms with Gasteiger partial charge in [-0.1, -0.05) is 39.5 Å². The maximum absolute atomic E-state index is 12.5. The Morgan fingerprint density at radius 3 is 2.52 bits per heavy atom. The molecule has 2 amide bonds. The van der Waals surface area contributed by atoms with E-state index in [9.17, 15) is 9.59 Å². The molecule has 130 valence electrons. The van der Waals surface area contributed by atoms with Crippen LogP contribution in [0.2, 0.25) is 0 Å². The van der Waals surface area contributed by atoms with E-state index in [1.807, 2.05) is 0 Å². The number of nitrogens with zero attached hydrogens (tertiary/aromatic N) is 1. The molecule has 0 aliphatic rings. The number of furan rings is 1. The number of unbranched alkanes of at least 4 members (excludes halogenated alkanes) is 4. The van der Waals surface area contributed by atoms with Gasteiger partial charge in [0.05, 0.1) is 11.8 Å². The average molecular weight is 322 g/mol. The lowest BCUT2D eigenvalue weighted by atomic mass is 10.2. The van der Waals surface area contributed by atoms with Crippen LogP contribution in [0.1, 0.15) is 69.2 Å². The standard InChI is InChI=1S/C18H30N2O3/c1-3-5-7-8-12-20(18(22)16-10-14-23-15-16)13-9-17(21)19-11-6-4-2/h10,14-15H,3-9,11-13H2,1-2H3,(H,19,21). The number of rotatable bonds is 12. The second-order valence-corrected chi connectivity index (χ2v) is 5.82. The summed E-state index contributed by atoms with van der Waals surface area (Å²) in [6.45, 7) is 6.10. The summed E-state index contributed by atoms with van der Waals surface area (Å²) in [5.74, 6) is -0.0476. The third-order valence-electron chi connectivity index (χ3n) is 3.80. The summed E-state index contributed by atoms with van der Waals surface area (Å²) in [4.78, 5) is 26.1. The van der Waals surface area contributed by atoms with Gasteiger partial charge in [0.1, 0.15) is 6.26 Å². The molecule has 5 heteroatoms. The van der Waals surface area contributed by atoms with E-state index in [1.54, 1.807) is 11.0 Å². The smallest absolute Gasteiger partial charge is 0.257 e. The molecule has 1 rings (SSSR count). The Bertz CT molecular complexity index is 443. The highest BCUT2D eigenvalue weighted by Gasteiger charge is 2.17. The number of carbonyl (C=O) groups is 2. The van der Waals surface area contributed by atoms with E-state index in [0.29, 0.717) is 31.6 Å². The molecule has 0 spiro atoms. The highest BCUT2D eigenvalue weighted by molar-refractivity contribution is 5.94. The highest BCUT2D eigenvalue weighted by atomic mass is 16.3. The molecule has 1 aromatic heterocycles. The van der Waals surface area contributed by atoms with Crippen LogP contribution in [0.25, 0.3) is 0 Å². The first-order valence-electron chi connectivity index (χ1n) is 8.77. The number of hydrogen-bond donors (Lipinski definition) is 1. The molecule has 0 saturated carbocycles. The molecule has 0 atom stereocenters. The van der Waals surface area contributed by atoms with Crippen LogP contribution >= 0.6 is 0 Å². The predicted molar refractivity (Wildman–Crippen MR) is 91.3 cm³/mol. The molecule has 1 N–H and O–H groups in total. The largest absolute Gasteiger partial charge is 0.472 e. The van der Waals surface area contributed by atoms with Gasteiger partial charge in [0.15, 0.2) is 0 Å². The lowest BCUT2D eigenvalue weighted by molar-refractivity contribution is -0.121. The minimum Gasteiger partial charge on any atom is -0.472 e. The minimum absolute atomic E-state index is 0.0111. The topological polar surface area (TPSA) is 62.6 Å². The first-order chi connectivity index (χ1) is 11.2. The zero-order valence-corrected chi connectivity index (χ0v) is 14.5. The van der Waals surface area contributed by atoms with Crippen molar-refractivity contribution >= 4 is 11.8 Å². The predicted octanol–water partition coefficient (Wildman–Crippen LogP) is 3.61. The van der Waals surface area contributed by atoms with Gasteiger partial charge in [-0.25, -0.2) is 0 Å². The molecule has 0 fully saturated rings. The fourth-order valence-electron chi connectivity index (χ4n) is 2.34. The Balaban J connectivity index is 2.46. The average Bonchev–Trinajstić information content (AvgIpc) is 3.08. The summed E-state index contributed by atoms with van der Waals surface area (Å²) in [6, 6.07) is 1.67. The number of amides is 2. The van der Waals surface area contributed by atoms with E-state index >= 15 is 0 Å². The van der Waals surface area contributed by atoms with Crippen molar-refractivity contribution in [2.24, 2.45) is 0 Å². The van der Waals surface area contributed by atoms with Crippen molar-refractivity contribution in [2.75, 3.05) is 19.6 Å². The first-order valence-corrected chi connectivity index (χ1v) is 8.77. The van der Waals surface area contributed by atoms with Crippen molar-refractivity contribution < 1.29 is 14.0 Å². The zero-order valence-electron chi connectivity index (χ0n) is 14.5. The van der Waals surface area contributed by atoms with Crippen LogP contribution in [-0.4, -0.2) is 36.3 Å². The third kappa shape index (κ3) is 7.86. The van der Waals surface area contributed by atoms with E-state index in [2.05, 4.69) is 19.2 Å². The normalized spacial score (nSPS) is 10.5. The van der Waals surface area contributed by atoms with Gasteiger partial charge in [-0.3, -0.25) is 9.59 Å². The van der Waals surface area contributed by atoms with Gasteiger partial charge >= 0.3 is 0 Å². The fourth-order valence-corrected chi connectivity index (χ4v) is 2.34. The van der Waals surface area contributed by atoms with E-state index < -0.39 is 0 Å². The van der Waals surface area contributed by atoms with Gasteiger partial charge in [0.25, 0.3) is 5.91 Å². The van der Waals surface area contributed by atoms with Crippen molar-refractivity contribution in [2.45, 2.75) is 58.8 Å². The Kier molecular flexibility index (Phi) is 9.84. The van der Waals surface area contributed by atoms with Crippen LogP contribution in [0.5, 0.6) is 0 Å². The molecule has 1 heterocycles. The zero-order chi connectivity index (χ0) is 16.9. The fraction of sp³-hybridized carbons (Fsp3) is 0.667. The summed E-state index contributed by atoms with van der Waals surface area (Å²) < 4.78 is 4.99. The molecule has 0 aliphatic carbocycles. The van der Waals surface area contributed by atoms with Gasteiger partial charge in [0, 0.05) is 26.1 Å². The minimum atomic E-state index is -0.0587. The maximum atomic E-state index is 12.5. The van der Waals surface area contributed by atoms with E-state index in [1.165, 1.54) is 18.9 Å². The van der Waals surface area contributed by atoms with Gasteiger partial charge in [-0.05, 0) is 18.9 Å². The number of nitrogens with one attached hydrogen (secondary N) is 1.